The van der Waals surface area contributed by atoms with Gasteiger partial charge in [0, 0.05) is 35.2 Å². The van der Waals surface area contributed by atoms with Crippen LogP contribution in [0.1, 0.15) is 59.3 Å². The molecule has 3 aromatic rings. The van der Waals surface area contributed by atoms with Crippen molar-refractivity contribution >= 4 is 28.8 Å². The zero-order valence-corrected chi connectivity index (χ0v) is 20.9. The summed E-state index contributed by atoms with van der Waals surface area (Å²) in [4.78, 5) is 28.0. The van der Waals surface area contributed by atoms with Crippen LogP contribution in [0, 0.1) is 5.82 Å². The van der Waals surface area contributed by atoms with Crippen LogP contribution in [0.4, 0.5) is 15.8 Å². The molecule has 3 N–H and O–H groups in total. The molecule has 2 heterocycles. The lowest BCUT2D eigenvalue weighted by Gasteiger charge is -2.26. The Labute approximate surface area is 216 Å². The third-order valence-electron chi connectivity index (χ3n) is 6.97. The first-order chi connectivity index (χ1) is 18.0. The number of benzene rings is 3. The summed E-state index contributed by atoms with van der Waals surface area (Å²) in [5.41, 5.74) is 5.21. The van der Waals surface area contributed by atoms with Crippen molar-refractivity contribution in [2.24, 2.45) is 0 Å². The number of hydrogen-bond donors (Lipinski definition) is 3. The van der Waals surface area contributed by atoms with Crippen molar-refractivity contribution in [3.05, 3.63) is 101 Å². The molecule has 1 fully saturated rings. The molecule has 3 aromatic carbocycles. The molecule has 5 rings (SSSR count). The van der Waals surface area contributed by atoms with Crippen LogP contribution < -0.4 is 16.0 Å². The Hall–Kier alpha value is -3.97. The normalized spacial score (nSPS) is 17.2. The molecule has 1 unspecified atom stereocenters. The van der Waals surface area contributed by atoms with Gasteiger partial charge in [-0.3, -0.25) is 14.5 Å². The van der Waals surface area contributed by atoms with Gasteiger partial charge in [0.1, 0.15) is 5.82 Å². The van der Waals surface area contributed by atoms with Crippen LogP contribution >= 0.6 is 0 Å². The van der Waals surface area contributed by atoms with E-state index in [0.717, 1.165) is 30.9 Å². The van der Waals surface area contributed by atoms with E-state index in [4.69, 9.17) is 0 Å². The van der Waals surface area contributed by atoms with E-state index in [1.54, 1.807) is 36.5 Å². The fraction of sp³-hybridized carbons (Fsp3) is 0.267. The Balaban J connectivity index is 1.26. The Kier molecular flexibility index (Phi) is 7.32. The summed E-state index contributed by atoms with van der Waals surface area (Å²) in [6, 6.07) is 19.2. The molecule has 0 aliphatic carbocycles. The Morgan fingerprint density at radius 1 is 1.03 bits per heavy atom. The van der Waals surface area contributed by atoms with Gasteiger partial charge in [0.05, 0.1) is 11.6 Å². The van der Waals surface area contributed by atoms with E-state index in [9.17, 15) is 14.0 Å². The summed E-state index contributed by atoms with van der Waals surface area (Å²) in [5, 5.41) is 9.02. The Bertz CT molecular complexity index is 1310. The van der Waals surface area contributed by atoms with Crippen molar-refractivity contribution in [3.63, 3.8) is 0 Å². The highest BCUT2D eigenvalue weighted by atomic mass is 19.1. The number of nitrogens with one attached hydrogen (secondary N) is 3. The molecule has 2 aliphatic rings. The number of nitrogens with zero attached hydrogens (tertiary/aromatic N) is 1. The van der Waals surface area contributed by atoms with Crippen molar-refractivity contribution < 1.29 is 14.0 Å². The minimum absolute atomic E-state index is 0.221. The standard InChI is InChI=1S/C30H31FN4O2/c1-20(22-7-10-24(31)11-8-22)33-29(36)23-9-14-28-26(17-23)27(30(37)34-28)18-32-25-12-5-21(6-13-25)19-35-15-3-2-4-16-35/h5-14,17-18,20,32H,2-4,15-16,19H2,1H3,(H,33,36)(H,34,37)/b27-18-. The molecule has 190 valence electrons. The zero-order valence-electron chi connectivity index (χ0n) is 20.9. The van der Waals surface area contributed by atoms with Crippen molar-refractivity contribution in [1.29, 1.82) is 0 Å². The predicted molar refractivity (Wildman–Crippen MR) is 145 cm³/mol. The van der Waals surface area contributed by atoms with Gasteiger partial charge in [-0.15, -0.1) is 0 Å². The molecule has 1 atom stereocenters. The second-order valence-corrected chi connectivity index (χ2v) is 9.70. The summed E-state index contributed by atoms with van der Waals surface area (Å²) in [6.45, 7) is 5.12. The molecule has 2 amide bonds. The van der Waals surface area contributed by atoms with Gasteiger partial charge in [-0.05, 0) is 86.4 Å². The number of fused-ring (bicyclic) bond motifs is 1. The van der Waals surface area contributed by atoms with E-state index in [0.29, 0.717) is 22.4 Å². The van der Waals surface area contributed by atoms with Gasteiger partial charge in [0.2, 0.25) is 0 Å². The average molecular weight is 499 g/mol. The van der Waals surface area contributed by atoms with Crippen molar-refractivity contribution in [2.45, 2.75) is 38.8 Å². The number of anilines is 2. The molecule has 37 heavy (non-hydrogen) atoms. The molecule has 2 aliphatic heterocycles. The average Bonchev–Trinajstić information content (AvgIpc) is 3.23. The highest BCUT2D eigenvalue weighted by Gasteiger charge is 2.25. The minimum Gasteiger partial charge on any atom is -0.361 e. The maximum Gasteiger partial charge on any atom is 0.257 e. The largest absolute Gasteiger partial charge is 0.361 e. The van der Waals surface area contributed by atoms with Gasteiger partial charge in [0.25, 0.3) is 11.8 Å². The van der Waals surface area contributed by atoms with Crippen molar-refractivity contribution in [3.8, 4) is 0 Å². The van der Waals surface area contributed by atoms with Crippen LogP contribution in [-0.2, 0) is 11.3 Å². The first-order valence-electron chi connectivity index (χ1n) is 12.8. The van der Waals surface area contributed by atoms with Crippen LogP contribution in [0.3, 0.4) is 0 Å². The second-order valence-electron chi connectivity index (χ2n) is 9.70. The first kappa shape index (κ1) is 24.7. The van der Waals surface area contributed by atoms with Crippen LogP contribution in [-0.4, -0.2) is 29.8 Å². The van der Waals surface area contributed by atoms with Crippen LogP contribution in [0.5, 0.6) is 0 Å². The molecule has 7 heteroatoms. The smallest absolute Gasteiger partial charge is 0.257 e. The monoisotopic (exact) mass is 498 g/mol. The summed E-state index contributed by atoms with van der Waals surface area (Å²) >= 11 is 0. The zero-order chi connectivity index (χ0) is 25.8. The molecule has 0 aromatic heterocycles. The lowest BCUT2D eigenvalue weighted by molar-refractivity contribution is -0.110. The van der Waals surface area contributed by atoms with Crippen LogP contribution in [0.15, 0.2) is 72.9 Å². The fourth-order valence-electron chi connectivity index (χ4n) is 4.82. The highest BCUT2D eigenvalue weighted by molar-refractivity contribution is 6.32. The summed E-state index contributed by atoms with van der Waals surface area (Å²) in [6.07, 6.45) is 5.55. The van der Waals surface area contributed by atoms with Gasteiger partial charge in [0.15, 0.2) is 0 Å². The SMILES string of the molecule is CC(NC(=O)c1ccc2c(c1)/C(=C/Nc1ccc(CN3CCCCC3)cc1)C(=O)N2)c1ccc(F)cc1. The quantitative estimate of drug-likeness (QED) is 0.365. The second kappa shape index (κ2) is 11.0. The van der Waals surface area contributed by atoms with E-state index >= 15 is 0 Å². The van der Waals surface area contributed by atoms with Gasteiger partial charge in [-0.2, -0.15) is 0 Å². The van der Waals surface area contributed by atoms with E-state index in [1.165, 1.54) is 37.0 Å². The summed E-state index contributed by atoms with van der Waals surface area (Å²) in [5.74, 6) is -0.809. The number of likely N-dealkylation sites (tertiary alicyclic amines) is 1. The molecule has 0 bridgehead atoms. The van der Waals surface area contributed by atoms with E-state index in [1.807, 2.05) is 19.1 Å². The highest BCUT2D eigenvalue weighted by Crippen LogP contribution is 2.33. The molecule has 0 radical (unpaired) electrons. The summed E-state index contributed by atoms with van der Waals surface area (Å²) in [7, 11) is 0. The number of hydrogen-bond acceptors (Lipinski definition) is 4. The van der Waals surface area contributed by atoms with E-state index in [2.05, 4.69) is 33.0 Å². The number of carbonyl (C=O) groups is 2. The number of rotatable bonds is 7. The lowest BCUT2D eigenvalue weighted by atomic mass is 10.0. The predicted octanol–water partition coefficient (Wildman–Crippen LogP) is 5.71. The molecule has 6 nitrogen and oxygen atoms in total. The molecular formula is C30H31FN4O2. The van der Waals surface area contributed by atoms with Crippen molar-refractivity contribution in [1.82, 2.24) is 10.2 Å². The molecule has 0 spiro atoms. The van der Waals surface area contributed by atoms with E-state index < -0.39 is 0 Å². The van der Waals surface area contributed by atoms with Gasteiger partial charge in [-0.1, -0.05) is 30.7 Å². The van der Waals surface area contributed by atoms with Crippen molar-refractivity contribution in [2.75, 3.05) is 23.7 Å². The minimum atomic E-state index is -0.320. The maximum atomic E-state index is 13.2. The molecule has 0 saturated carbocycles. The fourth-order valence-corrected chi connectivity index (χ4v) is 4.82. The number of amides is 2. The third kappa shape index (κ3) is 5.89. The Morgan fingerprint density at radius 3 is 2.49 bits per heavy atom. The van der Waals surface area contributed by atoms with E-state index in [-0.39, 0.29) is 23.7 Å². The van der Waals surface area contributed by atoms with Gasteiger partial charge in [-0.25, -0.2) is 4.39 Å². The topological polar surface area (TPSA) is 73.5 Å². The van der Waals surface area contributed by atoms with Gasteiger partial charge < -0.3 is 16.0 Å². The first-order valence-corrected chi connectivity index (χ1v) is 12.8. The summed E-state index contributed by atoms with van der Waals surface area (Å²) < 4.78 is 13.2. The number of piperidine rings is 1. The Morgan fingerprint density at radius 2 is 1.76 bits per heavy atom. The van der Waals surface area contributed by atoms with Crippen LogP contribution in [0.25, 0.3) is 5.57 Å². The lowest BCUT2D eigenvalue weighted by Crippen LogP contribution is -2.29. The molecular weight excluding hydrogens is 467 g/mol. The van der Waals surface area contributed by atoms with Crippen LogP contribution in [0.2, 0.25) is 0 Å². The third-order valence-corrected chi connectivity index (χ3v) is 6.97. The van der Waals surface area contributed by atoms with Gasteiger partial charge >= 0.3 is 0 Å². The maximum absolute atomic E-state index is 13.2. The number of carbonyl (C=O) groups excluding carboxylic acids is 2. The number of halogens is 1. The molecule has 1 saturated heterocycles.